The lowest BCUT2D eigenvalue weighted by atomic mass is 9.86. The third-order valence-corrected chi connectivity index (χ3v) is 5.31. The topological polar surface area (TPSA) is 61.3 Å². The van der Waals surface area contributed by atoms with Crippen molar-refractivity contribution in [1.82, 2.24) is 14.9 Å². The quantitative estimate of drug-likeness (QED) is 0.728. The molecule has 0 unspecified atom stereocenters. The average molecular weight is 362 g/mol. The fourth-order valence-corrected chi connectivity index (χ4v) is 3.91. The summed E-state index contributed by atoms with van der Waals surface area (Å²) in [6, 6.07) is 14.9. The number of aliphatic hydroxyl groups is 1. The zero-order valence-corrected chi connectivity index (χ0v) is 15.7. The van der Waals surface area contributed by atoms with Crippen LogP contribution in [-0.4, -0.2) is 45.7 Å². The fraction of sp³-hybridized carbons (Fsp3) is 0.364. The molecule has 2 N–H and O–H groups in total. The number of aliphatic hydroxyl groups excluding tert-OH is 1. The van der Waals surface area contributed by atoms with Crippen molar-refractivity contribution in [2.45, 2.75) is 31.9 Å². The highest BCUT2D eigenvalue weighted by Gasteiger charge is 2.29. The van der Waals surface area contributed by atoms with Crippen molar-refractivity contribution in [1.29, 1.82) is 0 Å². The maximum Gasteiger partial charge on any atom is 0.222 e. The van der Waals surface area contributed by atoms with Gasteiger partial charge in [0.2, 0.25) is 5.95 Å². The first kappa shape index (κ1) is 17.9. The second kappa shape index (κ2) is 8.03. The van der Waals surface area contributed by atoms with Crippen LogP contribution in [0.2, 0.25) is 0 Å². The van der Waals surface area contributed by atoms with Gasteiger partial charge in [0.25, 0.3) is 0 Å². The molecule has 5 nitrogen and oxygen atoms in total. The molecule has 0 amide bonds. The van der Waals surface area contributed by atoms with Crippen LogP contribution in [0.25, 0.3) is 10.8 Å². The zero-order chi connectivity index (χ0) is 18.6. The summed E-state index contributed by atoms with van der Waals surface area (Å²) in [7, 11) is 0. The van der Waals surface area contributed by atoms with E-state index in [1.165, 1.54) is 16.3 Å². The van der Waals surface area contributed by atoms with Crippen LogP contribution in [0.15, 0.2) is 54.9 Å². The lowest BCUT2D eigenvalue weighted by molar-refractivity contribution is 0.0476. The summed E-state index contributed by atoms with van der Waals surface area (Å²) in [6.45, 7) is 5.25. The second-order valence-corrected chi connectivity index (χ2v) is 7.25. The number of nitrogens with one attached hydrogen (secondary N) is 1. The van der Waals surface area contributed by atoms with Gasteiger partial charge in [0.05, 0.1) is 6.10 Å². The predicted octanol–water partition coefficient (Wildman–Crippen LogP) is 3.41. The van der Waals surface area contributed by atoms with Gasteiger partial charge >= 0.3 is 0 Å². The van der Waals surface area contributed by atoms with Gasteiger partial charge < -0.3 is 10.4 Å². The van der Waals surface area contributed by atoms with Crippen molar-refractivity contribution in [3.05, 3.63) is 66.0 Å². The first-order chi connectivity index (χ1) is 13.2. The smallest absolute Gasteiger partial charge is 0.222 e. The Labute approximate surface area is 160 Å². The summed E-state index contributed by atoms with van der Waals surface area (Å²) in [4.78, 5) is 11.0. The zero-order valence-electron chi connectivity index (χ0n) is 15.7. The van der Waals surface area contributed by atoms with Gasteiger partial charge in [0.15, 0.2) is 0 Å². The molecular formula is C22H26N4O. The molecular weight excluding hydrogens is 336 g/mol. The van der Waals surface area contributed by atoms with Crippen LogP contribution >= 0.6 is 0 Å². The lowest BCUT2D eigenvalue weighted by Gasteiger charge is -2.36. The third kappa shape index (κ3) is 4.10. The highest BCUT2D eigenvalue weighted by atomic mass is 16.3. The van der Waals surface area contributed by atoms with Crippen molar-refractivity contribution < 1.29 is 5.11 Å². The van der Waals surface area contributed by atoms with E-state index in [2.05, 4.69) is 62.6 Å². The molecule has 2 atom stereocenters. The van der Waals surface area contributed by atoms with Gasteiger partial charge in [-0.25, -0.2) is 9.97 Å². The number of benzene rings is 2. The summed E-state index contributed by atoms with van der Waals surface area (Å²) >= 11 is 0. The van der Waals surface area contributed by atoms with Crippen LogP contribution in [0, 0.1) is 0 Å². The lowest BCUT2D eigenvalue weighted by Crippen LogP contribution is -2.42. The molecule has 1 aliphatic rings. The van der Waals surface area contributed by atoms with E-state index in [0.717, 1.165) is 31.6 Å². The monoisotopic (exact) mass is 362 g/mol. The third-order valence-electron chi connectivity index (χ3n) is 5.31. The highest BCUT2D eigenvalue weighted by molar-refractivity contribution is 5.83. The second-order valence-electron chi connectivity index (χ2n) is 7.25. The Morgan fingerprint density at radius 1 is 1.11 bits per heavy atom. The number of likely N-dealkylation sites (tertiary alicyclic amines) is 1. The van der Waals surface area contributed by atoms with Crippen LogP contribution in [0.3, 0.4) is 0 Å². The van der Waals surface area contributed by atoms with E-state index in [-0.39, 0.29) is 12.0 Å². The summed E-state index contributed by atoms with van der Waals surface area (Å²) in [6.07, 6.45) is 4.33. The van der Waals surface area contributed by atoms with E-state index >= 15 is 0 Å². The number of nitrogens with zero attached hydrogens (tertiary/aromatic N) is 3. The summed E-state index contributed by atoms with van der Waals surface area (Å²) in [5, 5.41) is 16.4. The van der Waals surface area contributed by atoms with Crippen LogP contribution in [-0.2, 0) is 6.54 Å². The van der Waals surface area contributed by atoms with Crippen molar-refractivity contribution in [2.75, 3.05) is 25.0 Å². The molecule has 5 heteroatoms. The minimum absolute atomic E-state index is 0.193. The standard InChI is InChI=1S/C22H26N4O/c1-2-23-22-24-12-16(13-25-22)14-26-10-9-20(21(27)15-26)19-8-7-17-5-3-4-6-18(17)11-19/h3-8,11-13,20-21,27H,2,9-10,14-15H2,1H3,(H,23,24,25)/t20-,21+/m0/s1. The molecule has 0 aliphatic carbocycles. The number of β-amino-alcohol motifs (C(OH)–C–C–N with tert-alkyl or cyclic N) is 1. The van der Waals surface area contributed by atoms with Gasteiger partial charge in [-0.15, -0.1) is 0 Å². The van der Waals surface area contributed by atoms with Gasteiger partial charge in [-0.05, 0) is 36.2 Å². The molecule has 27 heavy (non-hydrogen) atoms. The largest absolute Gasteiger partial charge is 0.391 e. The Hall–Kier alpha value is -2.50. The molecule has 1 fully saturated rings. The summed E-state index contributed by atoms with van der Waals surface area (Å²) in [5.41, 5.74) is 2.31. The number of hydrogen-bond donors (Lipinski definition) is 2. The number of rotatable bonds is 5. The molecule has 2 aromatic carbocycles. The van der Waals surface area contributed by atoms with Crippen molar-refractivity contribution >= 4 is 16.7 Å². The SMILES string of the molecule is CCNc1ncc(CN2CC[C@@H](c3ccc4ccccc4c3)[C@H](O)C2)cn1. The summed E-state index contributed by atoms with van der Waals surface area (Å²) < 4.78 is 0. The van der Waals surface area contributed by atoms with Crippen molar-refractivity contribution in [3.63, 3.8) is 0 Å². The first-order valence-corrected chi connectivity index (χ1v) is 9.67. The molecule has 0 saturated carbocycles. The first-order valence-electron chi connectivity index (χ1n) is 9.67. The molecule has 0 radical (unpaired) electrons. The molecule has 3 aromatic rings. The fourth-order valence-electron chi connectivity index (χ4n) is 3.91. The number of aromatic nitrogens is 2. The van der Waals surface area contributed by atoms with E-state index in [0.29, 0.717) is 12.5 Å². The van der Waals surface area contributed by atoms with E-state index in [4.69, 9.17) is 0 Å². The molecule has 1 saturated heterocycles. The Morgan fingerprint density at radius 3 is 2.63 bits per heavy atom. The Morgan fingerprint density at radius 2 is 1.89 bits per heavy atom. The Kier molecular flexibility index (Phi) is 5.32. The normalized spacial score (nSPS) is 20.7. The highest BCUT2D eigenvalue weighted by Crippen LogP contribution is 2.31. The van der Waals surface area contributed by atoms with E-state index in [1.54, 1.807) is 0 Å². The molecule has 0 bridgehead atoms. The van der Waals surface area contributed by atoms with E-state index in [9.17, 15) is 5.11 Å². The summed E-state index contributed by atoms with van der Waals surface area (Å²) in [5.74, 6) is 0.856. The van der Waals surface area contributed by atoms with Crippen LogP contribution in [0.1, 0.15) is 30.4 Å². The van der Waals surface area contributed by atoms with E-state index in [1.807, 2.05) is 19.3 Å². The molecule has 140 valence electrons. The van der Waals surface area contributed by atoms with Gasteiger partial charge in [-0.3, -0.25) is 4.90 Å². The molecule has 2 heterocycles. The molecule has 0 spiro atoms. The number of piperidine rings is 1. The average Bonchev–Trinajstić information content (AvgIpc) is 2.69. The number of anilines is 1. The van der Waals surface area contributed by atoms with Gasteiger partial charge in [0.1, 0.15) is 0 Å². The Balaban J connectivity index is 1.41. The molecule has 1 aromatic heterocycles. The van der Waals surface area contributed by atoms with Gasteiger partial charge in [-0.1, -0.05) is 42.5 Å². The van der Waals surface area contributed by atoms with E-state index < -0.39 is 0 Å². The predicted molar refractivity (Wildman–Crippen MR) is 109 cm³/mol. The minimum atomic E-state index is -0.359. The van der Waals surface area contributed by atoms with Gasteiger partial charge in [0, 0.05) is 43.5 Å². The number of fused-ring (bicyclic) bond motifs is 1. The van der Waals surface area contributed by atoms with Crippen LogP contribution in [0.4, 0.5) is 5.95 Å². The van der Waals surface area contributed by atoms with Crippen molar-refractivity contribution in [2.24, 2.45) is 0 Å². The van der Waals surface area contributed by atoms with Crippen LogP contribution in [0.5, 0.6) is 0 Å². The minimum Gasteiger partial charge on any atom is -0.391 e. The maximum atomic E-state index is 10.8. The Bertz CT molecular complexity index is 896. The molecule has 4 rings (SSSR count). The van der Waals surface area contributed by atoms with Gasteiger partial charge in [-0.2, -0.15) is 0 Å². The number of hydrogen-bond acceptors (Lipinski definition) is 5. The van der Waals surface area contributed by atoms with Crippen molar-refractivity contribution in [3.8, 4) is 0 Å². The van der Waals surface area contributed by atoms with Crippen LogP contribution < -0.4 is 5.32 Å². The maximum absolute atomic E-state index is 10.8. The molecule has 1 aliphatic heterocycles.